The number of hydrogen-bond donors (Lipinski definition) is 0. The van der Waals surface area contributed by atoms with E-state index in [9.17, 15) is 14.0 Å². The van der Waals surface area contributed by atoms with E-state index in [0.717, 1.165) is 71.2 Å². The standard InChI is InChI=1S/C34H36FNO3.CH4/c1-4-22-17-21(9-15-27(22)34(38)24-12-10-23(11-13-24)31(37)5-2)18-26-7-6-8-28-29(20-36-33(26)28)25-14-16-32(39-3)30(35)19-25;/h6-9,14-17,19-20,23-24,28H,4-5,10-13,18H2,1-3H3;1H4. The average Bonchev–Trinajstić information content (AvgIpc) is 3.41. The maximum Gasteiger partial charge on any atom is 0.166 e. The SMILES string of the molecule is C.CCC(=O)C1CCC(C(=O)c2ccc(CC3=CC=CC4C(c5ccc(OC)c(F)c5)=CN=C34)cc2CC)CC1. The van der Waals surface area contributed by atoms with Crippen molar-refractivity contribution in [2.75, 3.05) is 7.11 Å². The monoisotopic (exact) mass is 541 g/mol. The Hall–Kier alpha value is -3.60. The predicted octanol–water partition coefficient (Wildman–Crippen LogP) is 8.15. The Morgan fingerprint density at radius 3 is 2.45 bits per heavy atom. The number of carbonyl (C=O) groups excluding carboxylic acids is 2. The summed E-state index contributed by atoms with van der Waals surface area (Å²) in [5, 5.41) is 0. The first-order valence-electron chi connectivity index (χ1n) is 14.1. The molecule has 0 bridgehead atoms. The predicted molar refractivity (Wildman–Crippen MR) is 160 cm³/mol. The second-order valence-electron chi connectivity index (χ2n) is 10.8. The summed E-state index contributed by atoms with van der Waals surface area (Å²) < 4.78 is 19.4. The highest BCUT2D eigenvalue weighted by Crippen LogP contribution is 2.38. The quantitative estimate of drug-likeness (QED) is 0.301. The van der Waals surface area contributed by atoms with E-state index in [0.29, 0.717) is 18.6 Å². The number of ketones is 2. The fraction of sp³-hybridized carbons (Fsp3) is 0.400. The van der Waals surface area contributed by atoms with Crippen LogP contribution in [0, 0.1) is 23.6 Å². The van der Waals surface area contributed by atoms with Gasteiger partial charge in [-0.15, -0.1) is 0 Å². The largest absolute Gasteiger partial charge is 0.494 e. The van der Waals surface area contributed by atoms with E-state index in [1.807, 2.05) is 25.3 Å². The molecule has 1 fully saturated rings. The number of hydrogen-bond acceptors (Lipinski definition) is 4. The number of benzene rings is 2. The Labute approximate surface area is 237 Å². The number of aryl methyl sites for hydroxylation is 1. The molecule has 2 aromatic carbocycles. The lowest BCUT2D eigenvalue weighted by Crippen LogP contribution is -2.26. The molecule has 5 rings (SSSR count). The number of fused-ring (bicyclic) bond motifs is 1. The summed E-state index contributed by atoms with van der Waals surface area (Å²) in [7, 11) is 1.46. The van der Waals surface area contributed by atoms with Gasteiger partial charge < -0.3 is 4.74 Å². The molecule has 1 heterocycles. The van der Waals surface area contributed by atoms with Crippen molar-refractivity contribution in [3.05, 3.63) is 94.5 Å². The molecule has 0 spiro atoms. The number of halogens is 1. The lowest BCUT2D eigenvalue weighted by molar-refractivity contribution is -0.123. The Bertz CT molecular complexity index is 1410. The van der Waals surface area contributed by atoms with Crippen LogP contribution in [0.4, 0.5) is 4.39 Å². The summed E-state index contributed by atoms with van der Waals surface area (Å²) in [6.45, 7) is 4.02. The molecule has 0 saturated heterocycles. The van der Waals surface area contributed by atoms with Gasteiger partial charge in [0.15, 0.2) is 17.3 Å². The van der Waals surface area contributed by atoms with Crippen molar-refractivity contribution >= 4 is 22.9 Å². The van der Waals surface area contributed by atoms with Crippen molar-refractivity contribution in [1.82, 2.24) is 0 Å². The zero-order chi connectivity index (χ0) is 27.5. The lowest BCUT2D eigenvalue weighted by atomic mass is 9.76. The van der Waals surface area contributed by atoms with Crippen molar-refractivity contribution in [3.63, 3.8) is 0 Å². The van der Waals surface area contributed by atoms with Gasteiger partial charge in [-0.1, -0.05) is 63.8 Å². The molecule has 1 unspecified atom stereocenters. The topological polar surface area (TPSA) is 55.7 Å². The first kappa shape index (κ1) is 29.4. The fourth-order valence-corrected chi connectivity index (χ4v) is 6.24. The van der Waals surface area contributed by atoms with Gasteiger partial charge in [-0.25, -0.2) is 4.39 Å². The molecule has 2 aliphatic carbocycles. The maximum atomic E-state index is 14.4. The molecule has 3 aliphatic rings. The van der Waals surface area contributed by atoms with Crippen molar-refractivity contribution < 1.29 is 18.7 Å². The third-order valence-corrected chi connectivity index (χ3v) is 8.50. The highest BCUT2D eigenvalue weighted by molar-refractivity contribution is 6.13. The van der Waals surface area contributed by atoms with Crippen molar-refractivity contribution in [3.8, 4) is 5.75 Å². The van der Waals surface area contributed by atoms with Gasteiger partial charge in [0.1, 0.15) is 5.78 Å². The van der Waals surface area contributed by atoms with Gasteiger partial charge in [0.05, 0.1) is 12.8 Å². The number of methoxy groups -OCH3 is 1. The Balaban J connectivity index is 0.00000370. The van der Waals surface area contributed by atoms with Crippen LogP contribution >= 0.6 is 0 Å². The smallest absolute Gasteiger partial charge is 0.166 e. The van der Waals surface area contributed by atoms with Crippen molar-refractivity contribution in [1.29, 1.82) is 0 Å². The third kappa shape index (κ3) is 5.79. The van der Waals surface area contributed by atoms with Crippen LogP contribution in [0.2, 0.25) is 0 Å². The molecule has 0 amide bonds. The van der Waals surface area contributed by atoms with Crippen LogP contribution < -0.4 is 4.74 Å². The number of allylic oxidation sites excluding steroid dienone is 5. The molecule has 1 saturated carbocycles. The van der Waals surface area contributed by atoms with E-state index in [1.165, 1.54) is 13.2 Å². The number of ether oxygens (including phenoxy) is 1. The molecule has 0 N–H and O–H groups in total. The van der Waals surface area contributed by atoms with Crippen LogP contribution in [0.15, 0.2) is 71.4 Å². The molecular weight excluding hydrogens is 501 g/mol. The first-order valence-corrected chi connectivity index (χ1v) is 14.1. The number of nitrogens with zero attached hydrogens (tertiary/aromatic N) is 1. The third-order valence-electron chi connectivity index (χ3n) is 8.50. The van der Waals surface area contributed by atoms with Crippen molar-refractivity contribution in [2.24, 2.45) is 22.7 Å². The lowest BCUT2D eigenvalue weighted by Gasteiger charge is -2.27. The molecule has 210 valence electrons. The van der Waals surface area contributed by atoms with E-state index in [-0.39, 0.29) is 42.5 Å². The maximum absolute atomic E-state index is 14.4. The number of Topliss-reactive ketones (excluding diaryl/α,β-unsaturated/α-hetero) is 2. The molecule has 4 nitrogen and oxygen atoms in total. The highest BCUT2D eigenvalue weighted by Gasteiger charge is 2.31. The van der Waals surface area contributed by atoms with E-state index >= 15 is 0 Å². The van der Waals surface area contributed by atoms with E-state index in [4.69, 9.17) is 9.73 Å². The molecule has 40 heavy (non-hydrogen) atoms. The average molecular weight is 542 g/mol. The fourth-order valence-electron chi connectivity index (χ4n) is 6.24. The summed E-state index contributed by atoms with van der Waals surface area (Å²) in [4.78, 5) is 30.3. The zero-order valence-electron chi connectivity index (χ0n) is 23.0. The molecule has 1 aliphatic heterocycles. The van der Waals surface area contributed by atoms with Crippen molar-refractivity contribution in [2.45, 2.75) is 66.2 Å². The highest BCUT2D eigenvalue weighted by atomic mass is 19.1. The minimum atomic E-state index is -0.385. The number of carbonyl (C=O) groups is 2. The van der Waals surface area contributed by atoms with Gasteiger partial charge in [0, 0.05) is 35.9 Å². The van der Waals surface area contributed by atoms with E-state index in [2.05, 4.69) is 37.3 Å². The second-order valence-corrected chi connectivity index (χ2v) is 10.8. The number of rotatable bonds is 9. The van der Waals surface area contributed by atoms with Crippen LogP contribution in [0.3, 0.4) is 0 Å². The zero-order valence-corrected chi connectivity index (χ0v) is 23.0. The minimum Gasteiger partial charge on any atom is -0.494 e. The normalized spacial score (nSPS) is 21.5. The van der Waals surface area contributed by atoms with Crippen LogP contribution in [-0.4, -0.2) is 24.4 Å². The molecule has 0 aromatic heterocycles. The second kappa shape index (κ2) is 12.7. The van der Waals surface area contributed by atoms with Gasteiger partial charge in [-0.3, -0.25) is 14.6 Å². The first-order chi connectivity index (χ1) is 18.9. The summed E-state index contributed by atoms with van der Waals surface area (Å²) in [6.07, 6.45) is 13.4. The summed E-state index contributed by atoms with van der Waals surface area (Å²) >= 11 is 0. The van der Waals surface area contributed by atoms with Crippen LogP contribution in [0.1, 0.15) is 80.4 Å². The molecule has 5 heteroatoms. The summed E-state index contributed by atoms with van der Waals surface area (Å²) in [6, 6.07) is 11.3. The Morgan fingerprint density at radius 1 is 1.02 bits per heavy atom. The summed E-state index contributed by atoms with van der Waals surface area (Å²) in [5.74, 6) is 0.523. The molecule has 0 radical (unpaired) electrons. The van der Waals surface area contributed by atoms with Gasteiger partial charge in [0.2, 0.25) is 0 Å². The van der Waals surface area contributed by atoms with Crippen LogP contribution in [0.25, 0.3) is 5.57 Å². The molecule has 1 atom stereocenters. The molecular formula is C35H40FNO3. The van der Waals surface area contributed by atoms with Crippen LogP contribution in [-0.2, 0) is 17.6 Å². The van der Waals surface area contributed by atoms with E-state index < -0.39 is 0 Å². The minimum absolute atomic E-state index is 0. The Kier molecular flexibility index (Phi) is 9.34. The van der Waals surface area contributed by atoms with Crippen LogP contribution in [0.5, 0.6) is 5.75 Å². The summed E-state index contributed by atoms with van der Waals surface area (Å²) in [5.41, 5.74) is 6.93. The number of aliphatic imine (C=N–C) groups is 1. The molecule has 2 aromatic rings. The van der Waals surface area contributed by atoms with Gasteiger partial charge in [0.25, 0.3) is 0 Å². The van der Waals surface area contributed by atoms with Gasteiger partial charge >= 0.3 is 0 Å². The Morgan fingerprint density at radius 2 is 1.77 bits per heavy atom. The van der Waals surface area contributed by atoms with Gasteiger partial charge in [-0.2, -0.15) is 0 Å². The van der Waals surface area contributed by atoms with Gasteiger partial charge in [-0.05, 0) is 78.5 Å². The van der Waals surface area contributed by atoms with E-state index in [1.54, 1.807) is 6.07 Å².